The molecule has 0 N–H and O–H groups in total. The SMILES string of the molecule is Br.O=C1OCCN1Cc1nc(-c2ccc3c(c2)OCO3)cs1. The summed E-state index contributed by atoms with van der Waals surface area (Å²) < 4.78 is 15.6. The molecule has 8 heteroatoms. The molecular weight excluding hydrogens is 372 g/mol. The first-order valence-electron chi connectivity index (χ1n) is 6.56. The van der Waals surface area contributed by atoms with Gasteiger partial charge in [-0.25, -0.2) is 9.78 Å². The smallest absolute Gasteiger partial charge is 0.410 e. The lowest BCUT2D eigenvalue weighted by atomic mass is 10.1. The van der Waals surface area contributed by atoms with Crippen molar-refractivity contribution < 1.29 is 19.0 Å². The Bertz CT molecular complexity index is 706. The number of nitrogens with zero attached hydrogens (tertiary/aromatic N) is 2. The highest BCUT2D eigenvalue weighted by Crippen LogP contribution is 2.36. The van der Waals surface area contributed by atoms with Crippen molar-refractivity contribution in [2.75, 3.05) is 19.9 Å². The first-order valence-corrected chi connectivity index (χ1v) is 7.44. The number of thiazole rings is 1. The van der Waals surface area contributed by atoms with Crippen LogP contribution in [-0.2, 0) is 11.3 Å². The van der Waals surface area contributed by atoms with E-state index in [1.54, 1.807) is 4.90 Å². The van der Waals surface area contributed by atoms with Gasteiger partial charge >= 0.3 is 6.09 Å². The van der Waals surface area contributed by atoms with Crippen LogP contribution in [0, 0.1) is 0 Å². The molecule has 1 saturated heterocycles. The van der Waals surface area contributed by atoms with Gasteiger partial charge in [-0.1, -0.05) is 0 Å². The van der Waals surface area contributed by atoms with Gasteiger partial charge in [0.15, 0.2) is 11.5 Å². The summed E-state index contributed by atoms with van der Waals surface area (Å²) >= 11 is 1.53. The number of aromatic nitrogens is 1. The molecule has 1 fully saturated rings. The van der Waals surface area contributed by atoms with Crippen LogP contribution in [0.2, 0.25) is 0 Å². The Balaban J connectivity index is 0.00000144. The summed E-state index contributed by atoms with van der Waals surface area (Å²) in [7, 11) is 0. The summed E-state index contributed by atoms with van der Waals surface area (Å²) in [4.78, 5) is 17.7. The zero-order valence-electron chi connectivity index (χ0n) is 11.5. The molecular formula is C14H13BrN2O4S. The number of carbonyl (C=O) groups is 1. The van der Waals surface area contributed by atoms with Crippen molar-refractivity contribution in [1.29, 1.82) is 0 Å². The quantitative estimate of drug-likeness (QED) is 0.813. The van der Waals surface area contributed by atoms with Crippen LogP contribution in [0.15, 0.2) is 23.6 Å². The van der Waals surface area contributed by atoms with Gasteiger partial charge in [-0.3, -0.25) is 4.90 Å². The lowest BCUT2D eigenvalue weighted by molar-refractivity contribution is 0.157. The fraction of sp³-hybridized carbons (Fsp3) is 0.286. The van der Waals surface area contributed by atoms with Gasteiger partial charge in [0.1, 0.15) is 11.6 Å². The van der Waals surface area contributed by atoms with Crippen molar-refractivity contribution in [3.63, 3.8) is 0 Å². The number of benzene rings is 1. The molecule has 0 radical (unpaired) electrons. The number of carbonyl (C=O) groups excluding carboxylic acids is 1. The van der Waals surface area contributed by atoms with E-state index in [1.807, 2.05) is 23.6 Å². The minimum absolute atomic E-state index is 0. The van der Waals surface area contributed by atoms with E-state index < -0.39 is 0 Å². The maximum Gasteiger partial charge on any atom is 0.410 e. The molecule has 116 valence electrons. The summed E-state index contributed by atoms with van der Waals surface area (Å²) in [6.45, 7) is 1.84. The largest absolute Gasteiger partial charge is 0.454 e. The molecule has 0 atom stereocenters. The molecule has 1 aromatic carbocycles. The summed E-state index contributed by atoms with van der Waals surface area (Å²) in [5, 5.41) is 2.87. The van der Waals surface area contributed by atoms with Gasteiger partial charge in [0.25, 0.3) is 0 Å². The van der Waals surface area contributed by atoms with E-state index in [0.29, 0.717) is 19.7 Å². The Labute approximate surface area is 141 Å². The average Bonchev–Trinajstić information content (AvgIpc) is 3.20. The summed E-state index contributed by atoms with van der Waals surface area (Å²) in [6.07, 6.45) is -0.269. The van der Waals surface area contributed by atoms with Gasteiger partial charge in [0, 0.05) is 10.9 Å². The zero-order chi connectivity index (χ0) is 14.2. The van der Waals surface area contributed by atoms with Crippen molar-refractivity contribution in [1.82, 2.24) is 9.88 Å². The Morgan fingerprint density at radius 3 is 2.91 bits per heavy atom. The molecule has 4 rings (SSSR count). The van der Waals surface area contributed by atoms with Crippen LogP contribution in [0.3, 0.4) is 0 Å². The first kappa shape index (κ1) is 15.1. The van der Waals surface area contributed by atoms with E-state index in [9.17, 15) is 4.79 Å². The highest BCUT2D eigenvalue weighted by Gasteiger charge is 2.23. The second-order valence-corrected chi connectivity index (χ2v) is 5.67. The number of rotatable bonds is 3. The molecule has 0 saturated carbocycles. The van der Waals surface area contributed by atoms with Crippen molar-refractivity contribution in [3.05, 3.63) is 28.6 Å². The van der Waals surface area contributed by atoms with Crippen LogP contribution in [0.4, 0.5) is 4.79 Å². The van der Waals surface area contributed by atoms with E-state index in [0.717, 1.165) is 27.8 Å². The molecule has 0 aliphatic carbocycles. The third-order valence-corrected chi connectivity index (χ3v) is 4.22. The molecule has 22 heavy (non-hydrogen) atoms. The Hall–Kier alpha value is -1.80. The van der Waals surface area contributed by atoms with Crippen molar-refractivity contribution >= 4 is 34.4 Å². The fourth-order valence-corrected chi connectivity index (χ4v) is 3.12. The molecule has 2 aliphatic rings. The maximum atomic E-state index is 11.4. The Kier molecular flexibility index (Phi) is 4.21. The number of fused-ring (bicyclic) bond motifs is 1. The minimum Gasteiger partial charge on any atom is -0.454 e. The number of hydrogen-bond acceptors (Lipinski definition) is 6. The number of cyclic esters (lactones) is 1. The molecule has 6 nitrogen and oxygen atoms in total. The Morgan fingerprint density at radius 1 is 1.23 bits per heavy atom. The average molecular weight is 385 g/mol. The molecule has 1 amide bonds. The molecule has 2 aromatic rings. The number of amides is 1. The third kappa shape index (κ3) is 2.76. The summed E-state index contributed by atoms with van der Waals surface area (Å²) in [5.41, 5.74) is 1.85. The van der Waals surface area contributed by atoms with Gasteiger partial charge in [-0.2, -0.15) is 0 Å². The van der Waals surface area contributed by atoms with E-state index in [2.05, 4.69) is 4.98 Å². The molecule has 2 aliphatic heterocycles. The maximum absolute atomic E-state index is 11.4. The number of hydrogen-bond donors (Lipinski definition) is 0. The second kappa shape index (κ2) is 6.13. The van der Waals surface area contributed by atoms with Crippen LogP contribution >= 0.6 is 28.3 Å². The van der Waals surface area contributed by atoms with E-state index >= 15 is 0 Å². The standard InChI is InChI=1S/C14H12N2O4S.BrH/c17-14-16(3-4-18-14)6-13-15-10(7-21-13)9-1-2-11-12(5-9)20-8-19-11;/h1-2,5,7H,3-4,6,8H2;1H. The molecule has 0 bridgehead atoms. The Morgan fingerprint density at radius 2 is 2.09 bits per heavy atom. The van der Waals surface area contributed by atoms with Crippen LogP contribution in [0.1, 0.15) is 5.01 Å². The van der Waals surface area contributed by atoms with E-state index in [1.165, 1.54) is 11.3 Å². The van der Waals surface area contributed by atoms with Gasteiger partial charge in [-0.15, -0.1) is 28.3 Å². The first-order chi connectivity index (χ1) is 10.3. The summed E-state index contributed by atoms with van der Waals surface area (Å²) in [6, 6.07) is 5.76. The van der Waals surface area contributed by atoms with E-state index in [-0.39, 0.29) is 29.9 Å². The van der Waals surface area contributed by atoms with E-state index in [4.69, 9.17) is 14.2 Å². The second-order valence-electron chi connectivity index (χ2n) is 4.73. The van der Waals surface area contributed by atoms with Gasteiger partial charge < -0.3 is 14.2 Å². The normalized spacial score (nSPS) is 15.6. The van der Waals surface area contributed by atoms with Crippen LogP contribution in [0.25, 0.3) is 11.3 Å². The number of ether oxygens (including phenoxy) is 3. The fourth-order valence-electron chi connectivity index (χ4n) is 2.30. The number of halogens is 1. The van der Waals surface area contributed by atoms with Crippen molar-refractivity contribution in [3.8, 4) is 22.8 Å². The predicted octanol–water partition coefficient (Wildman–Crippen LogP) is 3.07. The van der Waals surface area contributed by atoms with Gasteiger partial charge in [-0.05, 0) is 18.2 Å². The molecule has 0 unspecified atom stereocenters. The van der Waals surface area contributed by atoms with Crippen LogP contribution in [0.5, 0.6) is 11.5 Å². The molecule has 1 aromatic heterocycles. The predicted molar refractivity (Wildman–Crippen MR) is 85.8 cm³/mol. The highest BCUT2D eigenvalue weighted by atomic mass is 79.9. The third-order valence-electron chi connectivity index (χ3n) is 3.39. The van der Waals surface area contributed by atoms with Crippen LogP contribution in [-0.4, -0.2) is 35.9 Å². The highest BCUT2D eigenvalue weighted by molar-refractivity contribution is 8.93. The lowest BCUT2D eigenvalue weighted by Crippen LogP contribution is -2.23. The molecule has 0 spiro atoms. The van der Waals surface area contributed by atoms with Crippen molar-refractivity contribution in [2.45, 2.75) is 6.54 Å². The van der Waals surface area contributed by atoms with Crippen molar-refractivity contribution in [2.24, 2.45) is 0 Å². The van der Waals surface area contributed by atoms with Gasteiger partial charge in [0.05, 0.1) is 18.8 Å². The van der Waals surface area contributed by atoms with Gasteiger partial charge in [0.2, 0.25) is 6.79 Å². The van der Waals surface area contributed by atoms with Crippen LogP contribution < -0.4 is 9.47 Å². The lowest BCUT2D eigenvalue weighted by Gasteiger charge is -2.09. The monoisotopic (exact) mass is 384 g/mol. The topological polar surface area (TPSA) is 60.9 Å². The minimum atomic E-state index is -0.269. The zero-order valence-corrected chi connectivity index (χ0v) is 14.0. The molecule has 3 heterocycles. The summed E-state index contributed by atoms with van der Waals surface area (Å²) in [5.74, 6) is 1.50.